The van der Waals surface area contributed by atoms with Crippen molar-refractivity contribution in [2.45, 2.75) is 31.7 Å². The zero-order chi connectivity index (χ0) is 14.7. The van der Waals surface area contributed by atoms with E-state index < -0.39 is 5.97 Å². The number of amides is 1. The van der Waals surface area contributed by atoms with Crippen LogP contribution in [0.5, 0.6) is 0 Å². The molecule has 0 aromatic heterocycles. The molecular formula is C14H15BrClNO3. The maximum Gasteiger partial charge on any atom is 0.306 e. The molecule has 1 aromatic carbocycles. The van der Waals surface area contributed by atoms with Crippen LogP contribution in [-0.4, -0.2) is 23.0 Å². The SMILES string of the molecule is O=C(NC1CCC(C(=O)O)CC1)c1cc(Cl)cc(Br)c1. The van der Waals surface area contributed by atoms with E-state index in [0.29, 0.717) is 36.3 Å². The van der Waals surface area contributed by atoms with Crippen molar-refractivity contribution in [3.8, 4) is 0 Å². The predicted molar refractivity (Wildman–Crippen MR) is 80.0 cm³/mol. The average molecular weight is 361 g/mol. The summed E-state index contributed by atoms with van der Waals surface area (Å²) in [5.74, 6) is -1.19. The first kappa shape index (κ1) is 15.3. The van der Waals surface area contributed by atoms with E-state index in [2.05, 4.69) is 21.2 Å². The zero-order valence-electron chi connectivity index (χ0n) is 10.7. The van der Waals surface area contributed by atoms with E-state index in [1.54, 1.807) is 18.2 Å². The van der Waals surface area contributed by atoms with E-state index >= 15 is 0 Å². The number of hydrogen-bond acceptors (Lipinski definition) is 2. The molecule has 1 fully saturated rings. The molecule has 0 saturated heterocycles. The normalized spacial score (nSPS) is 22.3. The molecule has 4 nitrogen and oxygen atoms in total. The molecule has 0 spiro atoms. The van der Waals surface area contributed by atoms with Gasteiger partial charge in [-0.25, -0.2) is 0 Å². The molecular weight excluding hydrogens is 346 g/mol. The number of carbonyl (C=O) groups is 2. The van der Waals surface area contributed by atoms with Crippen LogP contribution in [0.25, 0.3) is 0 Å². The fourth-order valence-electron chi connectivity index (χ4n) is 2.44. The van der Waals surface area contributed by atoms with Gasteiger partial charge < -0.3 is 10.4 Å². The van der Waals surface area contributed by atoms with Crippen LogP contribution in [0, 0.1) is 5.92 Å². The summed E-state index contributed by atoms with van der Waals surface area (Å²) in [6.07, 6.45) is 2.62. The van der Waals surface area contributed by atoms with Crippen LogP contribution in [-0.2, 0) is 4.79 Å². The minimum absolute atomic E-state index is 0.0378. The van der Waals surface area contributed by atoms with Crippen LogP contribution in [0.15, 0.2) is 22.7 Å². The Labute approximate surface area is 130 Å². The highest BCUT2D eigenvalue weighted by molar-refractivity contribution is 9.10. The number of carbonyl (C=O) groups excluding carboxylic acids is 1. The molecule has 1 aliphatic rings. The number of halogens is 2. The fraction of sp³-hybridized carbons (Fsp3) is 0.429. The molecule has 2 N–H and O–H groups in total. The Kier molecular flexibility index (Phi) is 5.05. The van der Waals surface area contributed by atoms with Crippen LogP contribution in [0.4, 0.5) is 0 Å². The Morgan fingerprint density at radius 1 is 1.20 bits per heavy atom. The van der Waals surface area contributed by atoms with E-state index in [0.717, 1.165) is 4.47 Å². The van der Waals surface area contributed by atoms with Gasteiger partial charge in [0, 0.05) is 21.1 Å². The smallest absolute Gasteiger partial charge is 0.306 e. The van der Waals surface area contributed by atoms with Crippen LogP contribution in [0.2, 0.25) is 5.02 Å². The van der Waals surface area contributed by atoms with Crippen molar-refractivity contribution >= 4 is 39.4 Å². The second-order valence-electron chi connectivity index (χ2n) is 5.02. The Balaban J connectivity index is 1.94. The minimum Gasteiger partial charge on any atom is -0.481 e. The maximum absolute atomic E-state index is 12.1. The van der Waals surface area contributed by atoms with Gasteiger partial charge in [-0.2, -0.15) is 0 Å². The lowest BCUT2D eigenvalue weighted by molar-refractivity contribution is -0.142. The highest BCUT2D eigenvalue weighted by Crippen LogP contribution is 2.25. The summed E-state index contributed by atoms with van der Waals surface area (Å²) in [5.41, 5.74) is 0.504. The first-order valence-corrected chi connectivity index (χ1v) is 7.62. The van der Waals surface area contributed by atoms with Crippen molar-refractivity contribution in [1.29, 1.82) is 0 Å². The molecule has 0 bridgehead atoms. The Hall–Kier alpha value is -1.07. The van der Waals surface area contributed by atoms with E-state index in [-0.39, 0.29) is 17.9 Å². The summed E-state index contributed by atoms with van der Waals surface area (Å²) in [5, 5.41) is 12.4. The topological polar surface area (TPSA) is 66.4 Å². The van der Waals surface area contributed by atoms with Gasteiger partial charge in [0.05, 0.1) is 5.92 Å². The van der Waals surface area contributed by atoms with Gasteiger partial charge in [-0.1, -0.05) is 27.5 Å². The van der Waals surface area contributed by atoms with Gasteiger partial charge >= 0.3 is 5.97 Å². The highest BCUT2D eigenvalue weighted by atomic mass is 79.9. The number of aliphatic carboxylic acids is 1. The Morgan fingerprint density at radius 3 is 2.40 bits per heavy atom. The van der Waals surface area contributed by atoms with Crippen molar-refractivity contribution in [1.82, 2.24) is 5.32 Å². The first-order valence-electron chi connectivity index (χ1n) is 6.45. The van der Waals surface area contributed by atoms with Crippen molar-refractivity contribution in [2.75, 3.05) is 0 Å². The molecule has 0 aliphatic heterocycles. The summed E-state index contributed by atoms with van der Waals surface area (Å²) in [6.45, 7) is 0. The molecule has 1 aromatic rings. The lowest BCUT2D eigenvalue weighted by Gasteiger charge is -2.26. The number of carboxylic acids is 1. The summed E-state index contributed by atoms with van der Waals surface area (Å²) < 4.78 is 0.754. The van der Waals surface area contributed by atoms with E-state index in [9.17, 15) is 9.59 Å². The minimum atomic E-state index is -0.742. The summed E-state index contributed by atoms with van der Waals surface area (Å²) in [7, 11) is 0. The second-order valence-corrected chi connectivity index (χ2v) is 6.37. The number of carboxylic acid groups (broad SMARTS) is 1. The van der Waals surface area contributed by atoms with Gasteiger partial charge in [0.1, 0.15) is 0 Å². The zero-order valence-corrected chi connectivity index (χ0v) is 13.1. The van der Waals surface area contributed by atoms with Crippen molar-refractivity contribution in [3.05, 3.63) is 33.3 Å². The maximum atomic E-state index is 12.1. The van der Waals surface area contributed by atoms with Gasteiger partial charge in [-0.15, -0.1) is 0 Å². The van der Waals surface area contributed by atoms with Crippen LogP contribution < -0.4 is 5.32 Å². The van der Waals surface area contributed by atoms with Crippen molar-refractivity contribution < 1.29 is 14.7 Å². The number of hydrogen-bond donors (Lipinski definition) is 2. The molecule has 0 unspecified atom stereocenters. The van der Waals surface area contributed by atoms with E-state index in [1.807, 2.05) is 0 Å². The number of benzene rings is 1. The van der Waals surface area contributed by atoms with E-state index in [1.165, 1.54) is 0 Å². The highest BCUT2D eigenvalue weighted by Gasteiger charge is 2.26. The van der Waals surface area contributed by atoms with Crippen LogP contribution in [0.3, 0.4) is 0 Å². The molecule has 0 atom stereocenters. The monoisotopic (exact) mass is 359 g/mol. The third kappa shape index (κ3) is 3.96. The second kappa shape index (κ2) is 6.59. The summed E-state index contributed by atoms with van der Waals surface area (Å²) in [4.78, 5) is 23.0. The standard InChI is InChI=1S/C14H15BrClNO3/c15-10-5-9(6-11(16)7-10)13(18)17-12-3-1-8(2-4-12)14(19)20/h5-8,12H,1-4H2,(H,17,18)(H,19,20). The third-order valence-corrected chi connectivity index (χ3v) is 4.21. The van der Waals surface area contributed by atoms with Crippen LogP contribution >= 0.6 is 27.5 Å². The molecule has 1 saturated carbocycles. The molecule has 6 heteroatoms. The first-order chi connectivity index (χ1) is 9.45. The predicted octanol–water partition coefficient (Wildman–Crippen LogP) is 3.48. The third-order valence-electron chi connectivity index (χ3n) is 3.54. The molecule has 20 heavy (non-hydrogen) atoms. The molecule has 1 aliphatic carbocycles. The number of nitrogens with one attached hydrogen (secondary N) is 1. The van der Waals surface area contributed by atoms with Gasteiger partial charge in [0.2, 0.25) is 0 Å². The number of rotatable bonds is 3. The molecule has 108 valence electrons. The van der Waals surface area contributed by atoms with Gasteiger partial charge in [0.25, 0.3) is 5.91 Å². The van der Waals surface area contributed by atoms with Crippen molar-refractivity contribution in [3.63, 3.8) is 0 Å². The van der Waals surface area contributed by atoms with Crippen LogP contribution in [0.1, 0.15) is 36.0 Å². The van der Waals surface area contributed by atoms with Gasteiger partial charge in [-0.3, -0.25) is 9.59 Å². The molecule has 1 amide bonds. The van der Waals surface area contributed by atoms with Crippen molar-refractivity contribution in [2.24, 2.45) is 5.92 Å². The fourth-order valence-corrected chi connectivity index (χ4v) is 3.30. The molecule has 0 radical (unpaired) electrons. The molecule has 0 heterocycles. The molecule has 2 rings (SSSR count). The van der Waals surface area contributed by atoms with E-state index in [4.69, 9.17) is 16.7 Å². The lowest BCUT2D eigenvalue weighted by Crippen LogP contribution is -2.38. The lowest BCUT2D eigenvalue weighted by atomic mass is 9.86. The summed E-state index contributed by atoms with van der Waals surface area (Å²) in [6, 6.07) is 5.08. The van der Waals surface area contributed by atoms with Gasteiger partial charge in [-0.05, 0) is 43.9 Å². The largest absolute Gasteiger partial charge is 0.481 e. The summed E-state index contributed by atoms with van der Waals surface area (Å²) >= 11 is 9.22. The Morgan fingerprint density at radius 2 is 1.85 bits per heavy atom. The van der Waals surface area contributed by atoms with Gasteiger partial charge in [0.15, 0.2) is 0 Å². The quantitative estimate of drug-likeness (QED) is 0.867. The Bertz CT molecular complexity index is 507. The average Bonchev–Trinajstić information content (AvgIpc) is 2.38.